The van der Waals surface area contributed by atoms with E-state index in [0.717, 1.165) is 109 Å². The number of carboxylic acids is 1. The first kappa shape index (κ1) is 123. The van der Waals surface area contributed by atoms with Crippen LogP contribution in [-0.2, 0) is 95.1 Å². The van der Waals surface area contributed by atoms with Crippen LogP contribution in [0.4, 0.5) is 4.79 Å². The Balaban J connectivity index is 0.000000437. The zero-order valence-electron chi connectivity index (χ0n) is 86.9. The summed E-state index contributed by atoms with van der Waals surface area (Å²) in [4.78, 5) is 142. The summed E-state index contributed by atoms with van der Waals surface area (Å²) < 4.78 is 44.1. The summed E-state index contributed by atoms with van der Waals surface area (Å²) >= 11 is 2.39. The molecule has 5 aromatic carbocycles. The fourth-order valence-electron chi connectivity index (χ4n) is 13.7. The molecular formula is C111H159IN6O22. The Kier molecular flexibility index (Phi) is 56.2. The van der Waals surface area contributed by atoms with Gasteiger partial charge < -0.3 is 68.8 Å². The Hall–Kier alpha value is -10.9. The molecule has 3 aliphatic heterocycles. The van der Waals surface area contributed by atoms with E-state index < -0.39 is 93.6 Å². The van der Waals surface area contributed by atoms with Gasteiger partial charge >= 0.3 is 53.9 Å². The predicted octanol–water partition coefficient (Wildman–Crippen LogP) is 22.4. The summed E-state index contributed by atoms with van der Waals surface area (Å²) in [6.45, 7) is 40.3. The Morgan fingerprint density at radius 2 is 0.986 bits per heavy atom. The predicted molar refractivity (Wildman–Crippen MR) is 559 cm³/mol. The van der Waals surface area contributed by atoms with Crippen molar-refractivity contribution in [3.8, 4) is 17.1 Å². The fourth-order valence-corrected chi connectivity index (χ4v) is 14.5. The number of cyclic esters (lactones) is 3. The lowest BCUT2D eigenvalue weighted by molar-refractivity contribution is -0.172. The Morgan fingerprint density at radius 3 is 1.41 bits per heavy atom. The van der Waals surface area contributed by atoms with Crippen LogP contribution in [0.2, 0.25) is 0 Å². The number of carboxylic acid groups (broad SMARTS) is 1. The van der Waals surface area contributed by atoms with E-state index in [9.17, 15) is 57.8 Å². The number of hydrogen-bond donors (Lipinski definition) is 5. The molecule has 2 aromatic heterocycles. The van der Waals surface area contributed by atoms with Gasteiger partial charge in [-0.3, -0.25) is 43.5 Å². The van der Waals surface area contributed by atoms with E-state index in [0.29, 0.717) is 42.1 Å². The molecule has 7 aromatic rings. The standard InChI is InChI=1S/C25H24N2O7.C23H29NO2.C19H21NO2.C18H33NO5.C14H29NO2.C4H9I.C4H4O3.C4H10O/c1-5-25(31)17-10-19-20-14(11-27(19)21(28)16(17)12-32-22(25)29)8-13-9-15(6-7-18(13)26-20)33-23(30)34-24(2,3)4;1-5-6-17-20(22(25)26-23(2,3)4)24-21(18-13-9-7-10-14-18)19-15-11-8-12-16-19;1-19(2,3)22-17(21)14-20-18(15-10-6-4-7-11-15)16-12-8-5-9-13-16;1-5-6-7-8-9-10-11-14(17(23)24-18(2,3)4)19-15(20)12-13-16(21)22;1-5-6-7-8-9-10-11-12(15)13(16)17-14(2,3)4;1-2-3-4-5;5-3-1-2-4(6)7-3;1-2-3-4-5/h6-10,31H,5,11-12H2,1-4H3;7-16,20H,5-6,17H2,1-4H3;4-13H,14H2,1-3H3;14H,5-13H2,1-4H3,(H,19,20)(H,21,22);12H,5-11,15H2,1-4H3;2-4H2,1H3;1-2H2;5H,2-4H2,1H3/t25-;;;;;;;/m0......./s1. The first-order chi connectivity index (χ1) is 66.0. The number of nitrogens with one attached hydrogen (secondary N) is 1. The molecule has 29 heteroatoms. The first-order valence-corrected chi connectivity index (χ1v) is 51.0. The van der Waals surface area contributed by atoms with Crippen molar-refractivity contribution in [2.24, 2.45) is 15.7 Å². The number of carbonyl (C=O) groups excluding carboxylic acids is 9. The Bertz CT molecular complexity index is 4980. The zero-order valence-corrected chi connectivity index (χ0v) is 89.1. The van der Waals surface area contributed by atoms with Gasteiger partial charge in [-0.15, -0.1) is 0 Å². The monoisotopic (exact) mass is 2060 g/mol. The highest BCUT2D eigenvalue weighted by atomic mass is 127. The second-order valence-corrected chi connectivity index (χ2v) is 40.2. The minimum atomic E-state index is -1.87. The lowest BCUT2D eigenvalue weighted by atomic mass is 9.86. The molecule has 6 N–H and O–H groups in total. The minimum absolute atomic E-state index is 0.0103. The summed E-state index contributed by atoms with van der Waals surface area (Å²) in [5.41, 5.74) is 9.60. The molecule has 0 spiro atoms. The summed E-state index contributed by atoms with van der Waals surface area (Å²) in [5, 5.41) is 31.0. The number of hydrogen-bond acceptors (Lipinski definition) is 25. The van der Waals surface area contributed by atoms with Crippen LogP contribution in [0, 0.1) is 0 Å². The number of fused-ring (bicyclic) bond motifs is 5. The van der Waals surface area contributed by atoms with Crippen LogP contribution in [0.25, 0.3) is 22.3 Å². The number of aliphatic imine (C=N–C) groups is 2. The molecule has 4 atom stereocenters. The van der Waals surface area contributed by atoms with Crippen LogP contribution in [0.5, 0.6) is 5.75 Å². The average Bonchev–Trinajstić information content (AvgIpc) is 1.58. The second-order valence-electron chi connectivity index (χ2n) is 39.2. The normalized spacial score (nSPS) is 13.9. The SMILES string of the molecule is CC(C)(C)OC(=O)CN=C(c1ccccc1)c1ccccc1.CCCCC(N=C(c1ccccc1)c1ccccc1)C(=O)OC(C)(C)C.CCCCCCCCC(N)C(=O)OC(C)(C)C.CCCCCCCCC(NC(=O)CCC(=O)O)C(=O)OC(C)(C)C.CCCCI.CCCCO.CC[C@@]1(O)C(=O)OCc2c1cc1n(c2=O)Cc2cc3cc(OC(=O)OC(C)(C)C)ccc3nc2-1.O=C1CCC(=O)O1. The van der Waals surface area contributed by atoms with Crippen LogP contribution >= 0.6 is 22.6 Å². The minimum Gasteiger partial charge on any atom is -0.481 e. The number of ether oxygens (including phenoxy) is 8. The van der Waals surface area contributed by atoms with Gasteiger partial charge in [0.1, 0.15) is 65.0 Å². The second kappa shape index (κ2) is 63.8. The number of benzene rings is 5. The number of nitrogens with two attached hydrogens (primary N) is 1. The summed E-state index contributed by atoms with van der Waals surface area (Å²) in [6.07, 6.45) is 21.9. The maximum Gasteiger partial charge on any atom is 0.514 e. The average molecular weight is 2060 g/mol. The van der Waals surface area contributed by atoms with Crippen molar-refractivity contribution in [1.29, 1.82) is 0 Å². The highest BCUT2D eigenvalue weighted by molar-refractivity contribution is 14.1. The number of halogens is 1. The number of unbranched alkanes of at least 4 members (excludes halogenated alkanes) is 13. The molecule has 0 radical (unpaired) electrons. The Morgan fingerprint density at radius 1 is 0.529 bits per heavy atom. The van der Waals surface area contributed by atoms with Gasteiger partial charge in [0.2, 0.25) is 5.91 Å². The summed E-state index contributed by atoms with van der Waals surface area (Å²) in [7, 11) is 0. The highest BCUT2D eigenvalue weighted by Crippen LogP contribution is 2.40. The van der Waals surface area contributed by atoms with Crippen molar-refractivity contribution in [1.82, 2.24) is 14.9 Å². The van der Waals surface area contributed by atoms with Crippen LogP contribution in [0.15, 0.2) is 166 Å². The first-order valence-electron chi connectivity index (χ1n) is 49.4. The number of carbonyl (C=O) groups is 10. The van der Waals surface area contributed by atoms with Crippen molar-refractivity contribution in [2.75, 3.05) is 17.6 Å². The van der Waals surface area contributed by atoms with E-state index in [1.165, 1.54) is 62.2 Å². The molecule has 28 nitrogen and oxygen atoms in total. The van der Waals surface area contributed by atoms with Gasteiger partial charge in [0.05, 0.1) is 59.7 Å². The number of aliphatic carboxylic acids is 1. The smallest absolute Gasteiger partial charge is 0.481 e. The molecule has 140 heavy (non-hydrogen) atoms. The molecule has 10 rings (SSSR count). The number of esters is 7. The van der Waals surface area contributed by atoms with E-state index in [4.69, 9.17) is 59.1 Å². The van der Waals surface area contributed by atoms with E-state index in [2.05, 4.69) is 72.3 Å². The zero-order chi connectivity index (χ0) is 105. The molecule has 1 fully saturated rings. The van der Waals surface area contributed by atoms with Crippen molar-refractivity contribution in [3.05, 3.63) is 201 Å². The molecule has 1 saturated heterocycles. The number of aromatic nitrogens is 2. The number of alkyl halides is 1. The van der Waals surface area contributed by atoms with Crippen LogP contribution in [0.1, 0.15) is 351 Å². The number of aliphatic hydroxyl groups excluding tert-OH is 1. The van der Waals surface area contributed by atoms with Crippen LogP contribution in [0.3, 0.4) is 0 Å². The summed E-state index contributed by atoms with van der Waals surface area (Å²) in [6, 6.07) is 46.6. The fraction of sp³-hybridized carbons (Fsp3) is 0.550. The molecule has 772 valence electrons. The molecule has 5 heterocycles. The van der Waals surface area contributed by atoms with Gasteiger partial charge in [-0.2, -0.15) is 0 Å². The Labute approximate surface area is 844 Å². The molecular weight excluding hydrogens is 1900 g/mol. The molecule has 0 aliphatic carbocycles. The number of pyridine rings is 2. The van der Waals surface area contributed by atoms with E-state index in [1.54, 1.807) is 77.3 Å². The molecule has 3 unspecified atom stereocenters. The number of nitrogens with zero attached hydrogens (tertiary/aromatic N) is 4. The van der Waals surface area contributed by atoms with Gasteiger partial charge in [0.25, 0.3) is 5.56 Å². The van der Waals surface area contributed by atoms with E-state index >= 15 is 0 Å². The quantitative estimate of drug-likeness (QED) is 0.00353. The third-order valence-electron chi connectivity index (χ3n) is 20.6. The van der Waals surface area contributed by atoms with Gasteiger partial charge in [0.15, 0.2) is 5.60 Å². The maximum absolute atomic E-state index is 13.2. The van der Waals surface area contributed by atoms with Gasteiger partial charge in [0, 0.05) is 51.8 Å². The third-order valence-corrected chi connectivity index (χ3v) is 21.4. The van der Waals surface area contributed by atoms with Crippen molar-refractivity contribution < 1.29 is 101 Å². The van der Waals surface area contributed by atoms with Gasteiger partial charge in [-0.1, -0.05) is 288 Å². The molecule has 3 aliphatic rings. The lowest BCUT2D eigenvalue weighted by Crippen LogP contribution is -2.44. The number of aliphatic hydroxyl groups is 2. The van der Waals surface area contributed by atoms with Crippen LogP contribution < -0.4 is 21.3 Å². The molecule has 1 amide bonds. The van der Waals surface area contributed by atoms with E-state index in [1.807, 2.05) is 190 Å². The summed E-state index contributed by atoms with van der Waals surface area (Å²) in [5.74, 6) is -4.01. The highest BCUT2D eigenvalue weighted by Gasteiger charge is 2.46. The van der Waals surface area contributed by atoms with Crippen molar-refractivity contribution in [3.63, 3.8) is 0 Å². The van der Waals surface area contributed by atoms with Crippen LogP contribution in [-0.4, -0.2) is 160 Å². The molecule has 0 bridgehead atoms. The number of amides is 1. The van der Waals surface area contributed by atoms with Crippen molar-refractivity contribution in [2.45, 2.75) is 377 Å². The topological polar surface area (TPSA) is 403 Å². The van der Waals surface area contributed by atoms with Gasteiger partial charge in [-0.05, 0) is 177 Å². The third kappa shape index (κ3) is 49.5. The molecule has 0 saturated carbocycles. The lowest BCUT2D eigenvalue weighted by Gasteiger charge is -2.31. The number of rotatable bonds is 37. The van der Waals surface area contributed by atoms with Crippen molar-refractivity contribution >= 4 is 105 Å². The van der Waals surface area contributed by atoms with E-state index in [-0.39, 0.29) is 86.4 Å². The largest absolute Gasteiger partial charge is 0.514 e. The maximum atomic E-state index is 13.2. The van der Waals surface area contributed by atoms with Gasteiger partial charge in [-0.25, -0.2) is 24.2 Å².